The topological polar surface area (TPSA) is 66.4 Å². The number of amides is 1. The maximum absolute atomic E-state index is 11.2. The van der Waals surface area contributed by atoms with Gasteiger partial charge in [-0.1, -0.05) is 17.7 Å². The van der Waals surface area contributed by atoms with Gasteiger partial charge in [-0.05, 0) is 31.2 Å². The number of rotatable bonds is 3. The van der Waals surface area contributed by atoms with Gasteiger partial charge in [-0.15, -0.1) is 0 Å². The monoisotopic (exact) mass is 239 g/mol. The minimum Gasteiger partial charge on any atom is -0.478 e. The molecule has 0 aliphatic heterocycles. The summed E-state index contributed by atoms with van der Waals surface area (Å²) in [6, 6.07) is 4.14. The molecule has 0 aliphatic carbocycles. The van der Waals surface area contributed by atoms with Crippen molar-refractivity contribution in [3.63, 3.8) is 0 Å². The molecule has 0 aliphatic rings. The molecule has 0 bridgehead atoms. The molecule has 0 unspecified atom stereocenters. The second-order valence-electron chi connectivity index (χ2n) is 3.02. The van der Waals surface area contributed by atoms with E-state index in [-0.39, 0.29) is 16.5 Å². The third-order valence-electron chi connectivity index (χ3n) is 1.73. The van der Waals surface area contributed by atoms with E-state index in [1.807, 2.05) is 0 Å². The van der Waals surface area contributed by atoms with E-state index >= 15 is 0 Å². The lowest BCUT2D eigenvalue weighted by molar-refractivity contribution is -0.111. The highest BCUT2D eigenvalue weighted by Gasteiger charge is 2.07. The molecule has 0 spiro atoms. The Morgan fingerprint density at radius 2 is 2.06 bits per heavy atom. The highest BCUT2D eigenvalue weighted by molar-refractivity contribution is 6.31. The molecule has 1 amide bonds. The summed E-state index contributed by atoms with van der Waals surface area (Å²) in [5.41, 5.74) is 0.385. The van der Waals surface area contributed by atoms with Gasteiger partial charge < -0.3 is 10.4 Å². The van der Waals surface area contributed by atoms with Gasteiger partial charge in [-0.2, -0.15) is 0 Å². The zero-order valence-corrected chi connectivity index (χ0v) is 9.28. The molecule has 84 valence electrons. The Morgan fingerprint density at radius 1 is 1.38 bits per heavy atom. The van der Waals surface area contributed by atoms with Gasteiger partial charge >= 0.3 is 5.97 Å². The predicted molar refractivity (Wildman–Crippen MR) is 61.9 cm³/mol. The molecular formula is C11H10ClNO3. The summed E-state index contributed by atoms with van der Waals surface area (Å²) in [5, 5.41) is 11.6. The molecule has 1 aromatic carbocycles. The lowest BCUT2D eigenvalue weighted by Crippen LogP contribution is -2.08. The summed E-state index contributed by atoms with van der Waals surface area (Å²) in [7, 11) is 0. The van der Waals surface area contributed by atoms with Crippen molar-refractivity contribution in [3.8, 4) is 0 Å². The molecule has 0 radical (unpaired) electrons. The number of carboxylic acids is 1. The van der Waals surface area contributed by atoms with Crippen LogP contribution in [-0.2, 0) is 4.79 Å². The van der Waals surface area contributed by atoms with Crippen LogP contribution in [0.2, 0.25) is 5.02 Å². The number of nitrogens with one attached hydrogen (secondary N) is 1. The van der Waals surface area contributed by atoms with Gasteiger partial charge in [0.25, 0.3) is 0 Å². The van der Waals surface area contributed by atoms with Crippen molar-refractivity contribution < 1.29 is 14.7 Å². The molecule has 1 rings (SSSR count). The first-order valence-electron chi connectivity index (χ1n) is 4.50. The Hall–Kier alpha value is -1.81. The molecule has 1 aromatic rings. The Balaban J connectivity index is 2.97. The lowest BCUT2D eigenvalue weighted by atomic mass is 10.2. The minimum absolute atomic E-state index is 0.0308. The number of aromatic carboxylic acids is 1. The number of hydrogen-bond acceptors (Lipinski definition) is 2. The summed E-state index contributed by atoms with van der Waals surface area (Å²) < 4.78 is 0. The van der Waals surface area contributed by atoms with Crippen molar-refractivity contribution in [2.24, 2.45) is 0 Å². The van der Waals surface area contributed by atoms with E-state index in [1.165, 1.54) is 24.3 Å². The second-order valence-corrected chi connectivity index (χ2v) is 3.46. The molecule has 0 saturated carbocycles. The Kier molecular flexibility index (Phi) is 4.08. The SMILES string of the molecule is C/C=C/C(=O)Nc1cc(Cl)cc(C(=O)O)c1. The number of carbonyl (C=O) groups is 2. The average Bonchev–Trinajstić information content (AvgIpc) is 2.16. The molecule has 0 heterocycles. The van der Waals surface area contributed by atoms with E-state index in [0.717, 1.165) is 0 Å². The fourth-order valence-corrected chi connectivity index (χ4v) is 1.36. The van der Waals surface area contributed by atoms with Gasteiger partial charge in [-0.3, -0.25) is 4.79 Å². The summed E-state index contributed by atoms with van der Waals surface area (Å²) in [4.78, 5) is 21.9. The molecular weight excluding hydrogens is 230 g/mol. The number of halogens is 1. The quantitative estimate of drug-likeness (QED) is 0.797. The Bertz CT molecular complexity index is 455. The van der Waals surface area contributed by atoms with Gasteiger partial charge in [0.1, 0.15) is 0 Å². The van der Waals surface area contributed by atoms with Crippen LogP contribution in [0.15, 0.2) is 30.4 Å². The van der Waals surface area contributed by atoms with E-state index in [1.54, 1.807) is 13.0 Å². The maximum atomic E-state index is 11.2. The van der Waals surface area contributed by atoms with Crippen LogP contribution < -0.4 is 5.32 Å². The summed E-state index contributed by atoms with van der Waals surface area (Å²) in [6.45, 7) is 1.71. The average molecular weight is 240 g/mol. The van der Waals surface area contributed by atoms with Crippen LogP contribution in [0.1, 0.15) is 17.3 Å². The van der Waals surface area contributed by atoms with Gasteiger partial charge in [0.05, 0.1) is 5.56 Å². The Labute approximate surface area is 97.5 Å². The zero-order chi connectivity index (χ0) is 12.1. The molecule has 2 N–H and O–H groups in total. The van der Waals surface area contributed by atoms with E-state index < -0.39 is 5.97 Å². The van der Waals surface area contributed by atoms with Crippen LogP contribution in [0, 0.1) is 0 Å². The zero-order valence-electron chi connectivity index (χ0n) is 8.53. The van der Waals surface area contributed by atoms with E-state index in [0.29, 0.717) is 5.69 Å². The van der Waals surface area contributed by atoms with Gasteiger partial charge in [-0.25, -0.2) is 4.79 Å². The highest BCUT2D eigenvalue weighted by atomic mass is 35.5. The second kappa shape index (κ2) is 5.32. The molecule has 5 heteroatoms. The largest absolute Gasteiger partial charge is 0.478 e. The maximum Gasteiger partial charge on any atom is 0.335 e. The molecule has 0 saturated heterocycles. The molecule has 0 atom stereocenters. The first kappa shape index (κ1) is 12.3. The fourth-order valence-electron chi connectivity index (χ4n) is 1.12. The number of benzene rings is 1. The van der Waals surface area contributed by atoms with Crippen molar-refractivity contribution in [2.75, 3.05) is 5.32 Å². The predicted octanol–water partition coefficient (Wildman–Crippen LogP) is 2.55. The number of carbonyl (C=O) groups excluding carboxylic acids is 1. The number of carboxylic acid groups (broad SMARTS) is 1. The van der Waals surface area contributed by atoms with Crippen LogP contribution in [0.4, 0.5) is 5.69 Å². The van der Waals surface area contributed by atoms with Crippen molar-refractivity contribution >= 4 is 29.2 Å². The third kappa shape index (κ3) is 3.40. The lowest BCUT2D eigenvalue weighted by Gasteiger charge is -2.04. The van der Waals surface area contributed by atoms with E-state index in [9.17, 15) is 9.59 Å². The number of anilines is 1. The third-order valence-corrected chi connectivity index (χ3v) is 1.95. The summed E-state index contributed by atoms with van der Waals surface area (Å²) in [5.74, 6) is -1.43. The summed E-state index contributed by atoms with van der Waals surface area (Å²) >= 11 is 5.72. The first-order valence-corrected chi connectivity index (χ1v) is 4.88. The van der Waals surface area contributed by atoms with Crippen LogP contribution in [0.5, 0.6) is 0 Å². The van der Waals surface area contributed by atoms with Crippen molar-refractivity contribution in [3.05, 3.63) is 40.9 Å². The van der Waals surface area contributed by atoms with Crippen LogP contribution in [-0.4, -0.2) is 17.0 Å². The normalized spacial score (nSPS) is 10.4. The molecule has 16 heavy (non-hydrogen) atoms. The van der Waals surface area contributed by atoms with Crippen molar-refractivity contribution in [2.45, 2.75) is 6.92 Å². The number of allylic oxidation sites excluding steroid dienone is 1. The first-order chi connectivity index (χ1) is 7.52. The van der Waals surface area contributed by atoms with Crippen LogP contribution in [0.3, 0.4) is 0 Å². The Morgan fingerprint density at radius 3 is 2.62 bits per heavy atom. The van der Waals surface area contributed by atoms with Crippen LogP contribution >= 0.6 is 11.6 Å². The van der Waals surface area contributed by atoms with E-state index in [2.05, 4.69) is 5.32 Å². The van der Waals surface area contributed by atoms with Crippen molar-refractivity contribution in [1.82, 2.24) is 0 Å². The molecule has 0 fully saturated rings. The standard InChI is InChI=1S/C11H10ClNO3/c1-2-3-10(14)13-9-5-7(11(15)16)4-8(12)6-9/h2-6H,1H3,(H,13,14)(H,15,16)/b3-2+. The van der Waals surface area contributed by atoms with Gasteiger partial charge in [0, 0.05) is 10.7 Å². The fraction of sp³-hybridized carbons (Fsp3) is 0.0909. The summed E-state index contributed by atoms with van der Waals surface area (Å²) in [6.07, 6.45) is 2.92. The molecule has 4 nitrogen and oxygen atoms in total. The van der Waals surface area contributed by atoms with E-state index in [4.69, 9.17) is 16.7 Å². The van der Waals surface area contributed by atoms with Gasteiger partial charge in [0.15, 0.2) is 0 Å². The van der Waals surface area contributed by atoms with Gasteiger partial charge in [0.2, 0.25) is 5.91 Å². The minimum atomic E-state index is -1.09. The number of hydrogen-bond donors (Lipinski definition) is 2. The van der Waals surface area contributed by atoms with Crippen LogP contribution in [0.25, 0.3) is 0 Å². The smallest absolute Gasteiger partial charge is 0.335 e. The molecule has 0 aromatic heterocycles. The highest BCUT2D eigenvalue weighted by Crippen LogP contribution is 2.19. The van der Waals surface area contributed by atoms with Crippen molar-refractivity contribution in [1.29, 1.82) is 0 Å².